The van der Waals surface area contributed by atoms with Crippen molar-refractivity contribution in [3.8, 4) is 11.4 Å². The average molecular weight is 354 g/mol. The first kappa shape index (κ1) is 17.5. The van der Waals surface area contributed by atoms with Crippen molar-refractivity contribution in [1.29, 1.82) is 0 Å². The van der Waals surface area contributed by atoms with Crippen molar-refractivity contribution >= 4 is 17.5 Å². The van der Waals surface area contributed by atoms with Gasteiger partial charge in [-0.25, -0.2) is 0 Å². The number of H-pyrrole nitrogens is 1. The zero-order chi connectivity index (χ0) is 18.0. The Morgan fingerprint density at radius 1 is 1.20 bits per heavy atom. The van der Waals surface area contributed by atoms with Gasteiger partial charge in [0, 0.05) is 29.1 Å². The Morgan fingerprint density at radius 3 is 2.64 bits per heavy atom. The lowest BCUT2D eigenvalue weighted by Gasteiger charge is -2.07. The largest absolute Gasteiger partial charge is 0.362 e. The predicted octanol–water partition coefficient (Wildman–Crippen LogP) is 4.19. The first-order valence-corrected chi connectivity index (χ1v) is 9.30. The number of rotatable bonds is 6. The number of aromatic nitrogens is 4. The molecule has 1 aromatic carbocycles. The van der Waals surface area contributed by atoms with Gasteiger partial charge in [0.25, 0.3) is 0 Å². The number of nitrogens with one attached hydrogen (secondary N) is 1. The Hall–Kier alpha value is -2.34. The van der Waals surface area contributed by atoms with Crippen molar-refractivity contribution in [3.05, 3.63) is 52.8 Å². The molecule has 0 unspecified atom stereocenters. The topological polar surface area (TPSA) is 63.6 Å². The first-order valence-electron chi connectivity index (χ1n) is 8.32. The molecule has 25 heavy (non-hydrogen) atoms. The SMILES string of the molecule is CCn1c(SCC(=O)c2cc(C)[nH]c2C)nnc1-c1cccc(C)c1. The van der Waals surface area contributed by atoms with Crippen LogP contribution in [0.1, 0.15) is 34.2 Å². The van der Waals surface area contributed by atoms with Crippen LogP contribution in [-0.4, -0.2) is 31.3 Å². The van der Waals surface area contributed by atoms with Gasteiger partial charge in [0.2, 0.25) is 0 Å². The Labute approximate surface area is 151 Å². The van der Waals surface area contributed by atoms with Gasteiger partial charge in [0.15, 0.2) is 16.8 Å². The van der Waals surface area contributed by atoms with E-state index in [2.05, 4.69) is 45.7 Å². The molecule has 6 heteroatoms. The molecule has 0 amide bonds. The molecule has 0 spiro atoms. The van der Waals surface area contributed by atoms with Crippen molar-refractivity contribution in [2.75, 3.05) is 5.75 Å². The fraction of sp³-hybridized carbons (Fsp3) is 0.316. The molecule has 0 saturated carbocycles. The second kappa shape index (κ2) is 7.27. The minimum Gasteiger partial charge on any atom is -0.362 e. The van der Waals surface area contributed by atoms with Gasteiger partial charge in [-0.15, -0.1) is 10.2 Å². The molecule has 0 saturated heterocycles. The van der Waals surface area contributed by atoms with Crippen LogP contribution in [0.4, 0.5) is 0 Å². The van der Waals surface area contributed by atoms with Gasteiger partial charge in [-0.1, -0.05) is 35.5 Å². The molecule has 0 aliphatic rings. The minimum absolute atomic E-state index is 0.106. The Balaban J connectivity index is 1.79. The molecule has 0 atom stereocenters. The number of carbonyl (C=O) groups excluding carboxylic acids is 1. The van der Waals surface area contributed by atoms with E-state index in [-0.39, 0.29) is 5.78 Å². The summed E-state index contributed by atoms with van der Waals surface area (Å²) < 4.78 is 2.06. The summed E-state index contributed by atoms with van der Waals surface area (Å²) in [5.41, 5.74) is 4.91. The van der Waals surface area contributed by atoms with E-state index in [1.54, 1.807) is 0 Å². The van der Waals surface area contributed by atoms with Crippen molar-refractivity contribution in [2.24, 2.45) is 0 Å². The summed E-state index contributed by atoms with van der Waals surface area (Å²) in [5.74, 6) is 1.30. The lowest BCUT2D eigenvalue weighted by molar-refractivity contribution is 0.102. The maximum Gasteiger partial charge on any atom is 0.191 e. The third-order valence-corrected chi connectivity index (χ3v) is 5.06. The van der Waals surface area contributed by atoms with E-state index in [0.717, 1.165) is 40.0 Å². The van der Waals surface area contributed by atoms with Gasteiger partial charge in [-0.3, -0.25) is 4.79 Å². The summed E-state index contributed by atoms with van der Waals surface area (Å²) in [4.78, 5) is 15.7. The summed E-state index contributed by atoms with van der Waals surface area (Å²) in [6, 6.07) is 10.1. The fourth-order valence-corrected chi connectivity index (χ4v) is 3.79. The molecule has 0 aliphatic heterocycles. The van der Waals surface area contributed by atoms with Gasteiger partial charge in [-0.2, -0.15) is 0 Å². The van der Waals surface area contributed by atoms with Crippen LogP contribution in [0.25, 0.3) is 11.4 Å². The lowest BCUT2D eigenvalue weighted by Crippen LogP contribution is -2.05. The van der Waals surface area contributed by atoms with Crippen LogP contribution in [0.15, 0.2) is 35.5 Å². The minimum atomic E-state index is 0.106. The van der Waals surface area contributed by atoms with Gasteiger partial charge in [0.05, 0.1) is 5.75 Å². The second-order valence-electron chi connectivity index (χ2n) is 6.12. The second-order valence-corrected chi connectivity index (χ2v) is 7.07. The van der Waals surface area contributed by atoms with Crippen molar-refractivity contribution in [2.45, 2.75) is 39.4 Å². The first-order chi connectivity index (χ1) is 12.0. The lowest BCUT2D eigenvalue weighted by atomic mass is 10.1. The number of hydrogen-bond donors (Lipinski definition) is 1. The van der Waals surface area contributed by atoms with Crippen LogP contribution in [0, 0.1) is 20.8 Å². The third kappa shape index (κ3) is 3.69. The summed E-state index contributed by atoms with van der Waals surface area (Å²) >= 11 is 1.44. The van der Waals surface area contributed by atoms with Crippen LogP contribution < -0.4 is 0 Å². The molecule has 3 aromatic rings. The van der Waals surface area contributed by atoms with Crippen LogP contribution in [0.3, 0.4) is 0 Å². The molecule has 3 rings (SSSR count). The van der Waals surface area contributed by atoms with E-state index in [9.17, 15) is 4.79 Å². The number of aromatic amines is 1. The Bertz CT molecular complexity index is 910. The molecule has 130 valence electrons. The van der Waals surface area contributed by atoms with Crippen molar-refractivity contribution in [3.63, 3.8) is 0 Å². The summed E-state index contributed by atoms with van der Waals surface area (Å²) in [5, 5.41) is 9.42. The van der Waals surface area contributed by atoms with E-state index in [1.165, 1.54) is 17.3 Å². The third-order valence-electron chi connectivity index (χ3n) is 4.09. The van der Waals surface area contributed by atoms with Gasteiger partial charge in [0.1, 0.15) is 0 Å². The van der Waals surface area contributed by atoms with Crippen LogP contribution >= 0.6 is 11.8 Å². The average Bonchev–Trinajstić information content (AvgIpc) is 3.15. The number of hydrogen-bond acceptors (Lipinski definition) is 4. The maximum absolute atomic E-state index is 12.5. The number of thioether (sulfide) groups is 1. The number of Topliss-reactive ketones (excluding diaryl/α,β-unsaturated/α-hetero) is 1. The van der Waals surface area contributed by atoms with Crippen LogP contribution in [-0.2, 0) is 6.54 Å². The molecule has 5 nitrogen and oxygen atoms in total. The normalized spacial score (nSPS) is 11.0. The summed E-state index contributed by atoms with van der Waals surface area (Å²) in [7, 11) is 0. The molecular formula is C19H22N4OS. The number of carbonyl (C=O) groups is 1. The van der Waals surface area contributed by atoms with Crippen molar-refractivity contribution < 1.29 is 4.79 Å². The molecule has 0 radical (unpaired) electrons. The van der Waals surface area contributed by atoms with Crippen LogP contribution in [0.5, 0.6) is 0 Å². The van der Waals surface area contributed by atoms with Gasteiger partial charge >= 0.3 is 0 Å². The zero-order valence-corrected chi connectivity index (χ0v) is 15.8. The highest BCUT2D eigenvalue weighted by atomic mass is 32.2. The molecule has 0 aliphatic carbocycles. The van der Waals surface area contributed by atoms with Gasteiger partial charge in [-0.05, 0) is 39.8 Å². The molecule has 2 aromatic heterocycles. The quantitative estimate of drug-likeness (QED) is 0.532. The Morgan fingerprint density at radius 2 is 2.00 bits per heavy atom. The zero-order valence-electron chi connectivity index (χ0n) is 15.0. The number of ketones is 1. The van der Waals surface area contributed by atoms with Gasteiger partial charge < -0.3 is 9.55 Å². The summed E-state index contributed by atoms with van der Waals surface area (Å²) in [6.07, 6.45) is 0. The molecular weight excluding hydrogens is 332 g/mol. The molecule has 2 heterocycles. The highest BCUT2D eigenvalue weighted by Crippen LogP contribution is 2.25. The maximum atomic E-state index is 12.5. The van der Waals surface area contributed by atoms with E-state index in [0.29, 0.717) is 5.75 Å². The fourth-order valence-electron chi connectivity index (χ4n) is 2.90. The highest BCUT2D eigenvalue weighted by molar-refractivity contribution is 7.99. The van der Waals surface area contributed by atoms with E-state index in [1.807, 2.05) is 32.0 Å². The number of aryl methyl sites for hydroxylation is 3. The van der Waals surface area contributed by atoms with Crippen LogP contribution in [0.2, 0.25) is 0 Å². The molecule has 0 bridgehead atoms. The predicted molar refractivity (Wildman–Crippen MR) is 101 cm³/mol. The summed E-state index contributed by atoms with van der Waals surface area (Å²) in [6.45, 7) is 8.77. The van der Waals surface area contributed by atoms with E-state index >= 15 is 0 Å². The Kier molecular flexibility index (Phi) is 5.08. The highest BCUT2D eigenvalue weighted by Gasteiger charge is 2.17. The monoisotopic (exact) mass is 354 g/mol. The molecule has 0 fully saturated rings. The van der Waals surface area contributed by atoms with E-state index < -0.39 is 0 Å². The van der Waals surface area contributed by atoms with Crippen molar-refractivity contribution in [1.82, 2.24) is 19.7 Å². The number of benzene rings is 1. The standard InChI is InChI=1S/C19H22N4OS/c1-5-23-18(15-8-6-7-12(2)9-15)21-22-19(23)25-11-17(24)16-10-13(3)20-14(16)4/h6-10,20H,5,11H2,1-4H3. The smallest absolute Gasteiger partial charge is 0.191 e. The number of nitrogens with zero attached hydrogens (tertiary/aromatic N) is 3. The van der Waals surface area contributed by atoms with E-state index in [4.69, 9.17) is 0 Å². The molecule has 1 N–H and O–H groups in total.